The summed E-state index contributed by atoms with van der Waals surface area (Å²) in [5, 5.41) is 0. The molecular weight excluding hydrogens is 249 g/mol. The third-order valence-corrected chi connectivity index (χ3v) is 2.93. The Hall–Kier alpha value is -0.610. The van der Waals surface area contributed by atoms with Crippen LogP contribution in [-0.2, 0) is 0 Å². The van der Waals surface area contributed by atoms with E-state index in [0.717, 1.165) is 12.0 Å². The second kappa shape index (κ2) is 3.51. The molecule has 76 valence electrons. The van der Waals surface area contributed by atoms with Crippen LogP contribution in [0.3, 0.4) is 0 Å². The fourth-order valence-corrected chi connectivity index (χ4v) is 2.25. The molecule has 1 aromatic carbocycles. The molecule has 2 atom stereocenters. The first kappa shape index (κ1) is 9.93. The van der Waals surface area contributed by atoms with Gasteiger partial charge in [-0.25, -0.2) is 4.39 Å². The molecule has 2 unspecified atom stereocenters. The Labute approximate surface area is 90.4 Å². The van der Waals surface area contributed by atoms with Crippen LogP contribution in [0.25, 0.3) is 0 Å². The summed E-state index contributed by atoms with van der Waals surface area (Å²) in [5.74, 6) is 0.391. The van der Waals surface area contributed by atoms with Gasteiger partial charge >= 0.3 is 0 Å². The molecule has 1 aromatic rings. The van der Waals surface area contributed by atoms with Crippen molar-refractivity contribution < 1.29 is 9.13 Å². The molecular formula is C10H11BrFNO. The summed E-state index contributed by atoms with van der Waals surface area (Å²) in [6, 6.07) is 2.70. The van der Waals surface area contributed by atoms with Crippen LogP contribution in [0.5, 0.6) is 5.75 Å². The van der Waals surface area contributed by atoms with Gasteiger partial charge in [0.2, 0.25) is 0 Å². The first-order valence-electron chi connectivity index (χ1n) is 4.49. The van der Waals surface area contributed by atoms with Crippen molar-refractivity contribution in [3.63, 3.8) is 0 Å². The highest BCUT2D eigenvalue weighted by molar-refractivity contribution is 9.10. The van der Waals surface area contributed by atoms with E-state index in [9.17, 15) is 4.39 Å². The smallest absolute Gasteiger partial charge is 0.138 e. The van der Waals surface area contributed by atoms with E-state index in [1.54, 1.807) is 0 Å². The zero-order chi connectivity index (χ0) is 10.3. The van der Waals surface area contributed by atoms with Crippen molar-refractivity contribution in [3.8, 4) is 5.75 Å². The predicted octanol–water partition coefficient (Wildman–Crippen LogP) is 2.76. The molecule has 0 bridgehead atoms. The second-order valence-corrected chi connectivity index (χ2v) is 4.43. The van der Waals surface area contributed by atoms with Crippen LogP contribution in [0.1, 0.15) is 24.9 Å². The zero-order valence-corrected chi connectivity index (χ0v) is 9.34. The molecule has 0 aromatic heterocycles. The summed E-state index contributed by atoms with van der Waals surface area (Å²) < 4.78 is 19.3. The molecule has 0 amide bonds. The lowest BCUT2D eigenvalue weighted by molar-refractivity contribution is 0.175. The minimum Gasteiger partial charge on any atom is -0.489 e. The van der Waals surface area contributed by atoms with Gasteiger partial charge < -0.3 is 10.5 Å². The van der Waals surface area contributed by atoms with Crippen molar-refractivity contribution in [1.29, 1.82) is 0 Å². The van der Waals surface area contributed by atoms with E-state index >= 15 is 0 Å². The van der Waals surface area contributed by atoms with E-state index in [1.165, 1.54) is 12.1 Å². The summed E-state index contributed by atoms with van der Waals surface area (Å²) in [7, 11) is 0. The van der Waals surface area contributed by atoms with E-state index in [-0.39, 0.29) is 18.0 Å². The van der Waals surface area contributed by atoms with Crippen LogP contribution in [-0.4, -0.2) is 6.10 Å². The van der Waals surface area contributed by atoms with E-state index in [0.29, 0.717) is 10.2 Å². The average Bonchev–Trinajstić information content (AvgIpc) is 2.07. The maximum atomic E-state index is 13.1. The molecule has 0 fully saturated rings. The fraction of sp³-hybridized carbons (Fsp3) is 0.400. The normalized spacial score (nSPS) is 25.4. The van der Waals surface area contributed by atoms with E-state index in [4.69, 9.17) is 10.5 Å². The van der Waals surface area contributed by atoms with Crippen LogP contribution in [0.4, 0.5) is 4.39 Å². The number of hydrogen-bond donors (Lipinski definition) is 1. The number of fused-ring (bicyclic) bond motifs is 1. The Morgan fingerprint density at radius 1 is 1.57 bits per heavy atom. The van der Waals surface area contributed by atoms with Crippen molar-refractivity contribution in [1.82, 2.24) is 0 Å². The first-order valence-corrected chi connectivity index (χ1v) is 5.28. The number of rotatable bonds is 0. The molecule has 0 saturated heterocycles. The molecule has 2 N–H and O–H groups in total. The molecule has 0 spiro atoms. The lowest BCUT2D eigenvalue weighted by Gasteiger charge is -2.28. The van der Waals surface area contributed by atoms with Crippen molar-refractivity contribution in [3.05, 3.63) is 28.0 Å². The Balaban J connectivity index is 2.53. The molecule has 0 aliphatic carbocycles. The van der Waals surface area contributed by atoms with Crippen LogP contribution >= 0.6 is 15.9 Å². The minimum absolute atomic E-state index is 0.0826. The summed E-state index contributed by atoms with van der Waals surface area (Å²) in [6.45, 7) is 1.96. The predicted molar refractivity (Wildman–Crippen MR) is 55.7 cm³/mol. The third-order valence-electron chi connectivity index (χ3n) is 2.34. The molecule has 0 saturated carbocycles. The Morgan fingerprint density at radius 2 is 2.29 bits per heavy atom. The van der Waals surface area contributed by atoms with Gasteiger partial charge in [0.05, 0.1) is 10.6 Å². The molecule has 2 rings (SSSR count). The lowest BCUT2D eigenvalue weighted by Crippen LogP contribution is -2.27. The summed E-state index contributed by atoms with van der Waals surface area (Å²) in [6.07, 6.45) is 0.808. The van der Waals surface area contributed by atoms with Gasteiger partial charge in [0.25, 0.3) is 0 Å². The Morgan fingerprint density at radius 3 is 3.00 bits per heavy atom. The first-order chi connectivity index (χ1) is 6.58. The SMILES string of the molecule is CC1CC(N)c2cc(F)cc(Br)c2O1. The number of benzene rings is 1. The van der Waals surface area contributed by atoms with Gasteiger partial charge in [0.1, 0.15) is 11.6 Å². The van der Waals surface area contributed by atoms with Crippen molar-refractivity contribution >= 4 is 15.9 Å². The van der Waals surface area contributed by atoms with Crippen LogP contribution in [0.2, 0.25) is 0 Å². The summed E-state index contributed by atoms with van der Waals surface area (Å²) >= 11 is 3.27. The fourth-order valence-electron chi connectivity index (χ4n) is 1.71. The molecule has 1 heterocycles. The maximum absolute atomic E-state index is 13.1. The summed E-state index contributed by atoms with van der Waals surface area (Å²) in [4.78, 5) is 0. The van der Waals surface area contributed by atoms with Gasteiger partial charge in [-0.15, -0.1) is 0 Å². The Bertz CT molecular complexity index is 369. The van der Waals surface area contributed by atoms with E-state index < -0.39 is 0 Å². The molecule has 0 radical (unpaired) electrons. The molecule has 1 aliphatic heterocycles. The van der Waals surface area contributed by atoms with Gasteiger partial charge in [0, 0.05) is 18.0 Å². The number of halogens is 2. The van der Waals surface area contributed by atoms with Gasteiger partial charge in [-0.05, 0) is 35.0 Å². The quantitative estimate of drug-likeness (QED) is 0.778. The highest BCUT2D eigenvalue weighted by Gasteiger charge is 2.25. The molecule has 2 nitrogen and oxygen atoms in total. The van der Waals surface area contributed by atoms with Crippen LogP contribution in [0.15, 0.2) is 16.6 Å². The topological polar surface area (TPSA) is 35.2 Å². The van der Waals surface area contributed by atoms with Gasteiger partial charge in [-0.1, -0.05) is 0 Å². The number of nitrogens with two attached hydrogens (primary N) is 1. The maximum Gasteiger partial charge on any atom is 0.138 e. The van der Waals surface area contributed by atoms with Crippen molar-refractivity contribution in [2.45, 2.75) is 25.5 Å². The molecule has 1 aliphatic rings. The van der Waals surface area contributed by atoms with E-state index in [1.807, 2.05) is 6.92 Å². The standard InChI is InChI=1S/C10H11BrFNO/c1-5-2-9(13)7-3-6(12)4-8(11)10(7)14-5/h3-5,9H,2,13H2,1H3. The second-order valence-electron chi connectivity index (χ2n) is 3.58. The zero-order valence-electron chi connectivity index (χ0n) is 7.76. The van der Waals surface area contributed by atoms with Gasteiger partial charge in [0.15, 0.2) is 0 Å². The van der Waals surface area contributed by atoms with Gasteiger partial charge in [-0.2, -0.15) is 0 Å². The number of hydrogen-bond acceptors (Lipinski definition) is 2. The highest BCUT2D eigenvalue weighted by atomic mass is 79.9. The van der Waals surface area contributed by atoms with Crippen molar-refractivity contribution in [2.24, 2.45) is 5.73 Å². The monoisotopic (exact) mass is 259 g/mol. The summed E-state index contributed by atoms with van der Waals surface area (Å²) in [5.41, 5.74) is 6.65. The third kappa shape index (κ3) is 1.64. The largest absolute Gasteiger partial charge is 0.489 e. The van der Waals surface area contributed by atoms with Crippen molar-refractivity contribution in [2.75, 3.05) is 0 Å². The van der Waals surface area contributed by atoms with Gasteiger partial charge in [-0.3, -0.25) is 0 Å². The lowest BCUT2D eigenvalue weighted by atomic mass is 9.98. The molecule has 14 heavy (non-hydrogen) atoms. The minimum atomic E-state index is -0.288. The molecule has 4 heteroatoms. The number of ether oxygens (including phenoxy) is 1. The van der Waals surface area contributed by atoms with Crippen LogP contribution < -0.4 is 10.5 Å². The Kier molecular flexibility index (Phi) is 2.49. The van der Waals surface area contributed by atoms with E-state index in [2.05, 4.69) is 15.9 Å². The highest BCUT2D eigenvalue weighted by Crippen LogP contribution is 2.39. The van der Waals surface area contributed by atoms with Crippen LogP contribution in [0, 0.1) is 5.82 Å². The average molecular weight is 260 g/mol.